The van der Waals surface area contributed by atoms with Crippen molar-refractivity contribution in [3.63, 3.8) is 0 Å². The van der Waals surface area contributed by atoms with Crippen LogP contribution in [0.25, 0.3) is 0 Å². The molecule has 10 heavy (non-hydrogen) atoms. The van der Waals surface area contributed by atoms with Crippen LogP contribution in [0.1, 0.15) is 6.42 Å². The van der Waals surface area contributed by atoms with Gasteiger partial charge in [-0.25, -0.2) is 0 Å². The molecule has 0 fully saturated rings. The Bertz CT molecular complexity index is 180. The molecule has 0 atom stereocenters. The third kappa shape index (κ3) is 2.40. The Morgan fingerprint density at radius 1 is 1.40 bits per heavy atom. The van der Waals surface area contributed by atoms with E-state index >= 15 is 0 Å². The molecule has 1 aliphatic heterocycles. The molecule has 0 radical (unpaired) electrons. The van der Waals surface area contributed by atoms with E-state index in [0.29, 0.717) is 0 Å². The molecular weight excluding hydrogens is 192 g/mol. The molecule has 0 saturated heterocycles. The standard InChI is InChI=1S/C8H9BrO/c9-5-3-8-2-1-6-10-7-4-8/h1-2,4,6-7H,3,5H2. The predicted octanol–water partition coefficient (Wildman–Crippen LogP) is 2.76. The molecule has 1 aliphatic rings. The van der Waals surface area contributed by atoms with Crippen molar-refractivity contribution in [1.29, 1.82) is 0 Å². The van der Waals surface area contributed by atoms with E-state index in [1.807, 2.05) is 18.2 Å². The molecule has 1 rings (SSSR count). The van der Waals surface area contributed by atoms with Gasteiger partial charge in [0, 0.05) is 5.33 Å². The Labute approximate surface area is 69.2 Å². The van der Waals surface area contributed by atoms with Gasteiger partial charge in [-0.3, -0.25) is 0 Å². The van der Waals surface area contributed by atoms with Gasteiger partial charge in [0.1, 0.15) is 0 Å². The highest BCUT2D eigenvalue weighted by Gasteiger charge is 1.90. The first-order chi connectivity index (χ1) is 4.93. The van der Waals surface area contributed by atoms with E-state index in [1.54, 1.807) is 12.5 Å². The van der Waals surface area contributed by atoms with Crippen molar-refractivity contribution in [2.45, 2.75) is 6.42 Å². The SMILES string of the molecule is BrCCC1=CC=COC=C1. The number of rotatable bonds is 2. The van der Waals surface area contributed by atoms with Gasteiger partial charge in [0.2, 0.25) is 0 Å². The average molecular weight is 201 g/mol. The van der Waals surface area contributed by atoms with Crippen LogP contribution >= 0.6 is 15.9 Å². The number of hydrogen-bond donors (Lipinski definition) is 0. The highest BCUT2D eigenvalue weighted by Crippen LogP contribution is 2.08. The minimum Gasteiger partial charge on any atom is -0.473 e. The van der Waals surface area contributed by atoms with E-state index in [1.165, 1.54) is 5.57 Å². The second-order valence-electron chi connectivity index (χ2n) is 1.95. The zero-order valence-corrected chi connectivity index (χ0v) is 7.17. The smallest absolute Gasteiger partial charge is 0.0904 e. The van der Waals surface area contributed by atoms with Crippen molar-refractivity contribution in [3.8, 4) is 0 Å². The van der Waals surface area contributed by atoms with E-state index in [9.17, 15) is 0 Å². The molecule has 0 spiro atoms. The maximum absolute atomic E-state index is 4.94. The minimum atomic E-state index is 0.997. The summed E-state index contributed by atoms with van der Waals surface area (Å²) in [5.41, 5.74) is 1.28. The van der Waals surface area contributed by atoms with Crippen molar-refractivity contribution < 1.29 is 4.74 Å². The van der Waals surface area contributed by atoms with E-state index < -0.39 is 0 Å². The van der Waals surface area contributed by atoms with E-state index in [2.05, 4.69) is 15.9 Å². The summed E-state index contributed by atoms with van der Waals surface area (Å²) in [5.74, 6) is 0. The lowest BCUT2D eigenvalue weighted by Gasteiger charge is -1.92. The summed E-state index contributed by atoms with van der Waals surface area (Å²) in [6.45, 7) is 0. The van der Waals surface area contributed by atoms with Crippen LogP contribution in [0.2, 0.25) is 0 Å². The Balaban J connectivity index is 2.55. The summed E-state index contributed by atoms with van der Waals surface area (Å²) in [4.78, 5) is 0. The zero-order valence-electron chi connectivity index (χ0n) is 5.59. The molecule has 0 aliphatic carbocycles. The molecule has 1 heterocycles. The van der Waals surface area contributed by atoms with Crippen molar-refractivity contribution in [3.05, 3.63) is 36.3 Å². The molecule has 0 bridgehead atoms. The molecule has 0 aromatic heterocycles. The van der Waals surface area contributed by atoms with Crippen molar-refractivity contribution in [1.82, 2.24) is 0 Å². The van der Waals surface area contributed by atoms with Crippen molar-refractivity contribution in [2.75, 3.05) is 5.33 Å². The molecule has 1 nitrogen and oxygen atoms in total. The fraction of sp³-hybridized carbons (Fsp3) is 0.250. The van der Waals surface area contributed by atoms with Gasteiger partial charge in [0.05, 0.1) is 12.5 Å². The lowest BCUT2D eigenvalue weighted by molar-refractivity contribution is 0.403. The van der Waals surface area contributed by atoms with Gasteiger partial charge in [-0.05, 0) is 24.1 Å². The molecule has 2 heteroatoms. The van der Waals surface area contributed by atoms with Crippen molar-refractivity contribution >= 4 is 15.9 Å². The second kappa shape index (κ2) is 4.34. The number of halogens is 1. The first-order valence-corrected chi connectivity index (χ1v) is 4.29. The predicted molar refractivity (Wildman–Crippen MR) is 45.9 cm³/mol. The maximum atomic E-state index is 4.94. The molecule has 0 saturated carbocycles. The number of ether oxygens (including phenoxy) is 1. The quantitative estimate of drug-likeness (QED) is 0.624. The molecule has 0 N–H and O–H groups in total. The van der Waals surface area contributed by atoms with E-state index in [0.717, 1.165) is 11.8 Å². The monoisotopic (exact) mass is 200 g/mol. The number of hydrogen-bond acceptors (Lipinski definition) is 1. The summed E-state index contributed by atoms with van der Waals surface area (Å²) in [5, 5.41) is 0.997. The van der Waals surface area contributed by atoms with Gasteiger partial charge in [-0.2, -0.15) is 0 Å². The van der Waals surface area contributed by atoms with Crippen LogP contribution in [0.3, 0.4) is 0 Å². The molecule has 54 valence electrons. The lowest BCUT2D eigenvalue weighted by Crippen LogP contribution is -1.77. The van der Waals surface area contributed by atoms with Gasteiger partial charge >= 0.3 is 0 Å². The summed E-state index contributed by atoms with van der Waals surface area (Å²) in [6, 6.07) is 0. The lowest BCUT2D eigenvalue weighted by atomic mass is 10.2. The molecule has 0 unspecified atom stereocenters. The molecular formula is C8H9BrO. The van der Waals surface area contributed by atoms with Crippen LogP contribution in [0.15, 0.2) is 36.3 Å². The third-order valence-electron chi connectivity index (χ3n) is 1.21. The first kappa shape index (κ1) is 7.61. The van der Waals surface area contributed by atoms with Gasteiger partial charge in [0.25, 0.3) is 0 Å². The van der Waals surface area contributed by atoms with Gasteiger partial charge in [-0.15, -0.1) is 0 Å². The fourth-order valence-electron chi connectivity index (χ4n) is 0.712. The van der Waals surface area contributed by atoms with Gasteiger partial charge in [0.15, 0.2) is 0 Å². The highest BCUT2D eigenvalue weighted by atomic mass is 79.9. The highest BCUT2D eigenvalue weighted by molar-refractivity contribution is 9.09. The normalized spacial score (nSPS) is 15.9. The number of alkyl halides is 1. The second-order valence-corrected chi connectivity index (χ2v) is 2.74. The molecule has 0 aromatic rings. The van der Waals surface area contributed by atoms with Gasteiger partial charge in [-0.1, -0.05) is 22.0 Å². The topological polar surface area (TPSA) is 9.23 Å². The molecule has 0 amide bonds. The number of allylic oxidation sites excluding steroid dienone is 4. The largest absolute Gasteiger partial charge is 0.473 e. The average Bonchev–Trinajstić information content (AvgIpc) is 2.17. The zero-order chi connectivity index (χ0) is 7.23. The Morgan fingerprint density at radius 2 is 2.30 bits per heavy atom. The Kier molecular flexibility index (Phi) is 3.30. The van der Waals surface area contributed by atoms with Crippen LogP contribution in [0.5, 0.6) is 0 Å². The molecule has 0 aromatic carbocycles. The van der Waals surface area contributed by atoms with Crippen LogP contribution in [0.4, 0.5) is 0 Å². The summed E-state index contributed by atoms with van der Waals surface area (Å²) < 4.78 is 4.94. The van der Waals surface area contributed by atoms with E-state index in [4.69, 9.17) is 4.74 Å². The van der Waals surface area contributed by atoms with Crippen LogP contribution in [-0.2, 0) is 4.74 Å². The first-order valence-electron chi connectivity index (χ1n) is 3.17. The van der Waals surface area contributed by atoms with Crippen LogP contribution in [-0.4, -0.2) is 5.33 Å². The van der Waals surface area contributed by atoms with E-state index in [-0.39, 0.29) is 0 Å². The van der Waals surface area contributed by atoms with Crippen LogP contribution < -0.4 is 0 Å². The summed E-state index contributed by atoms with van der Waals surface area (Å²) in [7, 11) is 0. The van der Waals surface area contributed by atoms with Gasteiger partial charge < -0.3 is 4.74 Å². The Hall–Kier alpha value is -0.500. The fourth-order valence-corrected chi connectivity index (χ4v) is 1.17. The van der Waals surface area contributed by atoms with Crippen molar-refractivity contribution in [2.24, 2.45) is 0 Å². The Morgan fingerprint density at radius 3 is 3.10 bits per heavy atom. The minimum absolute atomic E-state index is 0.997. The summed E-state index contributed by atoms with van der Waals surface area (Å²) >= 11 is 3.37. The van der Waals surface area contributed by atoms with Crippen LogP contribution in [0, 0.1) is 0 Å². The summed E-state index contributed by atoms with van der Waals surface area (Å²) in [6.07, 6.45) is 10.3. The third-order valence-corrected chi connectivity index (χ3v) is 1.61. The maximum Gasteiger partial charge on any atom is 0.0904 e.